The smallest absolute Gasteiger partial charge is 0.244 e. The molecule has 0 radical (unpaired) electrons. The Hall–Kier alpha value is -2.73. The Labute approximate surface area is 234 Å². The molecule has 3 aromatic rings. The highest BCUT2D eigenvalue weighted by molar-refractivity contribution is 6.42. The van der Waals surface area contributed by atoms with Crippen molar-refractivity contribution < 1.29 is 9.90 Å². The number of rotatable bonds is 7. The first-order chi connectivity index (χ1) is 18.3. The third-order valence-corrected chi connectivity index (χ3v) is 9.04. The van der Waals surface area contributed by atoms with Gasteiger partial charge in [0.25, 0.3) is 0 Å². The van der Waals surface area contributed by atoms with Gasteiger partial charge in [-0.25, -0.2) is 0 Å². The van der Waals surface area contributed by atoms with Gasteiger partial charge < -0.3 is 20.3 Å². The molecule has 38 heavy (non-hydrogen) atoms. The van der Waals surface area contributed by atoms with Gasteiger partial charge in [0.2, 0.25) is 5.91 Å². The first kappa shape index (κ1) is 26.9. The molecule has 0 bridgehead atoms. The predicted molar refractivity (Wildman–Crippen MR) is 157 cm³/mol. The molecule has 0 saturated heterocycles. The maximum absolute atomic E-state index is 12.4. The monoisotopic (exact) mass is 551 g/mol. The first-order valence-electron chi connectivity index (χ1n) is 13.4. The Balaban J connectivity index is 1.09. The molecule has 2 aliphatic carbocycles. The van der Waals surface area contributed by atoms with E-state index >= 15 is 0 Å². The zero-order chi connectivity index (χ0) is 26.8. The lowest BCUT2D eigenvalue weighted by Crippen LogP contribution is -2.40. The number of carbonyl (C=O) groups is 1. The van der Waals surface area contributed by atoms with Gasteiger partial charge in [0, 0.05) is 47.7 Å². The summed E-state index contributed by atoms with van der Waals surface area (Å²) in [5.74, 6) is 1.17. The van der Waals surface area contributed by atoms with Crippen LogP contribution in [0.3, 0.4) is 0 Å². The van der Waals surface area contributed by atoms with Crippen molar-refractivity contribution in [2.45, 2.75) is 56.5 Å². The summed E-state index contributed by atoms with van der Waals surface area (Å²) in [6.07, 6.45) is 11.7. The van der Waals surface area contributed by atoms with Crippen LogP contribution in [0.2, 0.25) is 10.0 Å². The van der Waals surface area contributed by atoms with Crippen molar-refractivity contribution in [2.24, 2.45) is 5.92 Å². The van der Waals surface area contributed by atoms with Crippen LogP contribution in [0, 0.1) is 5.92 Å². The number of nitrogens with one attached hydrogen (secondary N) is 2. The Morgan fingerprint density at radius 2 is 1.95 bits per heavy atom. The van der Waals surface area contributed by atoms with Gasteiger partial charge in [-0.05, 0) is 99.0 Å². The van der Waals surface area contributed by atoms with E-state index < -0.39 is 0 Å². The maximum Gasteiger partial charge on any atom is 0.244 e. The van der Waals surface area contributed by atoms with Crippen LogP contribution >= 0.6 is 23.2 Å². The molecular formula is C31H35Cl2N3O2. The second kappa shape index (κ2) is 11.6. The number of nitrogens with zero attached hydrogens (tertiary/aromatic N) is 1. The molecule has 7 heteroatoms. The highest BCUT2D eigenvalue weighted by Crippen LogP contribution is 2.43. The van der Waals surface area contributed by atoms with Gasteiger partial charge in [-0.3, -0.25) is 4.79 Å². The summed E-state index contributed by atoms with van der Waals surface area (Å²) in [5.41, 5.74) is 4.41. The number of amides is 1. The molecule has 5 nitrogen and oxygen atoms in total. The third-order valence-electron chi connectivity index (χ3n) is 8.30. The van der Waals surface area contributed by atoms with Gasteiger partial charge in [-0.15, -0.1) is 0 Å². The van der Waals surface area contributed by atoms with Crippen LogP contribution in [-0.2, 0) is 4.79 Å². The normalized spacial score (nSPS) is 24.1. The zero-order valence-corrected chi connectivity index (χ0v) is 23.2. The van der Waals surface area contributed by atoms with Crippen molar-refractivity contribution in [2.75, 3.05) is 13.6 Å². The highest BCUT2D eigenvalue weighted by atomic mass is 35.5. The summed E-state index contributed by atoms with van der Waals surface area (Å²) in [5, 5.41) is 15.2. The quantitative estimate of drug-likeness (QED) is 0.213. The van der Waals surface area contributed by atoms with Crippen LogP contribution in [0.1, 0.15) is 55.6 Å². The lowest BCUT2D eigenvalue weighted by atomic mass is 9.85. The van der Waals surface area contributed by atoms with E-state index in [0.717, 1.165) is 61.5 Å². The number of aromatic amines is 1. The van der Waals surface area contributed by atoms with Crippen LogP contribution in [0.4, 0.5) is 0 Å². The van der Waals surface area contributed by atoms with Crippen LogP contribution in [0.5, 0.6) is 5.75 Å². The maximum atomic E-state index is 12.4. The number of H-pyrrole nitrogens is 1. The van der Waals surface area contributed by atoms with Gasteiger partial charge in [0.05, 0.1) is 10.0 Å². The van der Waals surface area contributed by atoms with E-state index in [2.05, 4.69) is 35.0 Å². The van der Waals surface area contributed by atoms with E-state index in [9.17, 15) is 9.90 Å². The van der Waals surface area contributed by atoms with Crippen LogP contribution in [0.25, 0.3) is 17.0 Å². The summed E-state index contributed by atoms with van der Waals surface area (Å²) >= 11 is 12.0. The molecule has 1 amide bonds. The Morgan fingerprint density at radius 1 is 1.16 bits per heavy atom. The van der Waals surface area contributed by atoms with E-state index in [0.29, 0.717) is 33.7 Å². The van der Waals surface area contributed by atoms with Gasteiger partial charge in [0.15, 0.2) is 0 Å². The number of halogens is 2. The third kappa shape index (κ3) is 6.12. The molecule has 2 aromatic carbocycles. The summed E-state index contributed by atoms with van der Waals surface area (Å²) < 4.78 is 0. The standard InChI is InChI=1S/C31H35Cl2N3O2/c1-19-13-23(15-25(19)27-17-34-30-11-9-24(37)16-26(27)30)36(2)18-21-3-7-22(8-4-21)35-31(38)12-6-20-5-10-28(32)29(33)14-20/h5-6,9-12,14,16-17,21-23,25,34,37H,1,3-4,7-8,13,15,18H2,2H3,(H,35,38)/b12-6+. The van der Waals surface area contributed by atoms with Crippen LogP contribution in [0.15, 0.2) is 60.8 Å². The summed E-state index contributed by atoms with van der Waals surface area (Å²) in [6, 6.07) is 11.5. The largest absolute Gasteiger partial charge is 0.508 e. The number of aromatic hydroxyl groups is 1. The van der Waals surface area contributed by atoms with Crippen LogP contribution in [-0.4, -0.2) is 46.6 Å². The summed E-state index contributed by atoms with van der Waals surface area (Å²) in [6.45, 7) is 5.49. The molecule has 2 aliphatic rings. The number of phenolic OH excluding ortho intramolecular Hbond substituents is 1. The molecule has 2 saturated carbocycles. The molecule has 2 atom stereocenters. The summed E-state index contributed by atoms with van der Waals surface area (Å²) in [4.78, 5) is 18.3. The molecular weight excluding hydrogens is 517 g/mol. The number of hydrogen-bond acceptors (Lipinski definition) is 3. The average Bonchev–Trinajstić information content (AvgIpc) is 3.48. The predicted octanol–water partition coefficient (Wildman–Crippen LogP) is 7.30. The molecule has 2 unspecified atom stereocenters. The number of aromatic nitrogens is 1. The van der Waals surface area contributed by atoms with Crippen molar-refractivity contribution in [3.63, 3.8) is 0 Å². The van der Waals surface area contributed by atoms with Gasteiger partial charge >= 0.3 is 0 Å². The number of benzene rings is 2. The number of phenols is 1. The van der Waals surface area contributed by atoms with E-state index in [-0.39, 0.29) is 11.9 Å². The number of hydrogen-bond donors (Lipinski definition) is 3. The fraction of sp³-hybridized carbons (Fsp3) is 0.387. The van der Waals surface area contributed by atoms with Crippen molar-refractivity contribution >= 4 is 46.1 Å². The molecule has 0 spiro atoms. The Bertz CT molecular complexity index is 1360. The van der Waals surface area contributed by atoms with Crippen molar-refractivity contribution in [1.82, 2.24) is 15.2 Å². The zero-order valence-electron chi connectivity index (χ0n) is 21.7. The van der Waals surface area contributed by atoms with Crippen molar-refractivity contribution in [1.29, 1.82) is 0 Å². The Morgan fingerprint density at radius 3 is 2.71 bits per heavy atom. The second-order valence-corrected chi connectivity index (χ2v) is 11.8. The average molecular weight is 553 g/mol. The molecule has 2 fully saturated rings. The highest BCUT2D eigenvalue weighted by Gasteiger charge is 2.34. The van der Waals surface area contributed by atoms with E-state index in [1.165, 1.54) is 11.1 Å². The minimum Gasteiger partial charge on any atom is -0.508 e. The molecule has 200 valence electrons. The molecule has 1 heterocycles. The lowest BCUT2D eigenvalue weighted by Gasteiger charge is -2.33. The van der Waals surface area contributed by atoms with Gasteiger partial charge in [-0.1, -0.05) is 41.4 Å². The fourth-order valence-electron chi connectivity index (χ4n) is 6.15. The molecule has 1 aromatic heterocycles. The molecule has 5 rings (SSSR count). The van der Waals surface area contributed by atoms with E-state index in [1.54, 1.807) is 30.4 Å². The fourth-order valence-corrected chi connectivity index (χ4v) is 6.46. The molecule has 3 N–H and O–H groups in total. The topological polar surface area (TPSA) is 68.4 Å². The number of carbonyl (C=O) groups excluding carboxylic acids is 1. The Kier molecular flexibility index (Phi) is 8.18. The number of fused-ring (bicyclic) bond motifs is 1. The summed E-state index contributed by atoms with van der Waals surface area (Å²) in [7, 11) is 2.24. The van der Waals surface area contributed by atoms with Gasteiger partial charge in [-0.2, -0.15) is 0 Å². The van der Waals surface area contributed by atoms with E-state index in [1.807, 2.05) is 18.2 Å². The SMILES string of the molecule is C=C1CC(N(C)CC2CCC(NC(=O)/C=C/c3ccc(Cl)c(Cl)c3)CC2)CC1c1c[nH]c2ccc(O)cc12. The van der Waals surface area contributed by atoms with E-state index in [4.69, 9.17) is 23.2 Å². The second-order valence-electron chi connectivity index (χ2n) is 11.0. The first-order valence-corrected chi connectivity index (χ1v) is 14.1. The van der Waals surface area contributed by atoms with Crippen molar-refractivity contribution in [3.8, 4) is 5.75 Å². The van der Waals surface area contributed by atoms with Crippen molar-refractivity contribution in [3.05, 3.63) is 82.0 Å². The minimum atomic E-state index is -0.0715. The minimum absolute atomic E-state index is 0.0715. The van der Waals surface area contributed by atoms with Crippen LogP contribution < -0.4 is 5.32 Å². The molecule has 0 aliphatic heterocycles. The van der Waals surface area contributed by atoms with Gasteiger partial charge in [0.1, 0.15) is 5.75 Å². The lowest BCUT2D eigenvalue weighted by molar-refractivity contribution is -0.117.